The van der Waals surface area contributed by atoms with E-state index in [0.29, 0.717) is 16.3 Å². The van der Waals surface area contributed by atoms with E-state index in [1.165, 1.54) is 30.5 Å². The third-order valence-electron chi connectivity index (χ3n) is 4.21. The van der Waals surface area contributed by atoms with Crippen LogP contribution < -0.4 is 10.9 Å². The van der Waals surface area contributed by atoms with Crippen molar-refractivity contribution < 1.29 is 13.7 Å². The summed E-state index contributed by atoms with van der Waals surface area (Å²) in [6, 6.07) is 13.1. The zero-order valence-corrected chi connectivity index (χ0v) is 17.8. The number of halogens is 2. The van der Waals surface area contributed by atoms with Crippen molar-refractivity contribution in [1.29, 1.82) is 0 Å². The summed E-state index contributed by atoms with van der Waals surface area (Å²) in [7, 11) is 0. The normalized spacial score (nSPS) is 13.0. The number of aromatic nitrogens is 2. The maximum absolute atomic E-state index is 13.7. The highest BCUT2D eigenvalue weighted by molar-refractivity contribution is 7.90. The van der Waals surface area contributed by atoms with Crippen molar-refractivity contribution in [3.63, 3.8) is 0 Å². The number of rotatable bonds is 6. The molecule has 9 heteroatoms. The summed E-state index contributed by atoms with van der Waals surface area (Å²) in [5.74, 6) is -0.914. The van der Waals surface area contributed by atoms with Gasteiger partial charge in [0.05, 0.1) is 23.7 Å². The predicted octanol–water partition coefficient (Wildman–Crippen LogP) is 3.19. The van der Waals surface area contributed by atoms with Crippen LogP contribution in [-0.4, -0.2) is 38.3 Å². The molecule has 3 rings (SSSR count). The predicted molar refractivity (Wildman–Crippen MR) is 116 cm³/mol. The Hall–Kier alpha value is -2.68. The minimum absolute atomic E-state index is 0.159. The fraction of sp³-hybridized carbons (Fsp3) is 0.190. The quantitative estimate of drug-likeness (QED) is 0.588. The van der Waals surface area contributed by atoms with Gasteiger partial charge in [0.1, 0.15) is 17.1 Å². The van der Waals surface area contributed by atoms with E-state index in [-0.39, 0.29) is 17.0 Å². The topological polar surface area (TPSA) is 87.0 Å². The van der Waals surface area contributed by atoms with E-state index in [1.54, 1.807) is 31.2 Å². The Morgan fingerprint density at radius 1 is 1.27 bits per heavy atom. The molecule has 1 aromatic heterocycles. The van der Waals surface area contributed by atoms with Crippen molar-refractivity contribution in [2.45, 2.75) is 13.0 Å². The molecule has 1 amide bonds. The SMILES string of the molecule is CC(C[S+](C)[O-])NC(=O)c1cc(-c2ccc(Cl)cc2)nn(-c2cccc(F)c2)c1=O. The summed E-state index contributed by atoms with van der Waals surface area (Å²) in [5.41, 5.74) is 0.301. The van der Waals surface area contributed by atoms with Crippen LogP contribution >= 0.6 is 11.6 Å². The maximum atomic E-state index is 13.7. The van der Waals surface area contributed by atoms with Crippen LogP contribution in [0, 0.1) is 5.82 Å². The Labute approximate surface area is 180 Å². The second kappa shape index (κ2) is 9.42. The standard InChI is InChI=1S/C21H19ClFN3O3S/c1-13(12-30(2)29)24-20(27)18-11-19(14-6-8-15(22)9-7-14)25-26(21(18)28)17-5-3-4-16(23)10-17/h3-11,13H,12H2,1-2H3,(H,24,27). The summed E-state index contributed by atoms with van der Waals surface area (Å²) < 4.78 is 26.1. The van der Waals surface area contributed by atoms with E-state index >= 15 is 0 Å². The summed E-state index contributed by atoms with van der Waals surface area (Å²) in [6.45, 7) is 1.70. The van der Waals surface area contributed by atoms with Crippen molar-refractivity contribution in [3.05, 3.63) is 81.4 Å². The first-order valence-corrected chi connectivity index (χ1v) is 11.1. The highest BCUT2D eigenvalue weighted by atomic mass is 35.5. The zero-order valence-electron chi connectivity index (χ0n) is 16.3. The number of carbonyl (C=O) groups is 1. The summed E-state index contributed by atoms with van der Waals surface area (Å²) in [5, 5.41) is 7.52. The van der Waals surface area contributed by atoms with Gasteiger partial charge in [-0.05, 0) is 43.3 Å². The number of hydrogen-bond donors (Lipinski definition) is 1. The van der Waals surface area contributed by atoms with Gasteiger partial charge in [0, 0.05) is 10.6 Å². The molecule has 3 aromatic rings. The lowest BCUT2D eigenvalue weighted by Crippen LogP contribution is -2.41. The molecule has 1 heterocycles. The van der Waals surface area contributed by atoms with Gasteiger partial charge in [0.15, 0.2) is 0 Å². The number of amides is 1. The number of nitrogens with one attached hydrogen (secondary N) is 1. The van der Waals surface area contributed by atoms with Gasteiger partial charge in [-0.2, -0.15) is 9.78 Å². The highest BCUT2D eigenvalue weighted by Crippen LogP contribution is 2.20. The highest BCUT2D eigenvalue weighted by Gasteiger charge is 2.20. The number of hydrogen-bond acceptors (Lipinski definition) is 4. The molecule has 2 aromatic carbocycles. The first kappa shape index (κ1) is 22.0. The van der Waals surface area contributed by atoms with E-state index in [9.17, 15) is 18.5 Å². The van der Waals surface area contributed by atoms with Crippen molar-refractivity contribution >= 4 is 28.7 Å². The molecular formula is C21H19ClFN3O3S. The Balaban J connectivity index is 2.12. The van der Waals surface area contributed by atoms with Crippen LogP contribution in [0.1, 0.15) is 17.3 Å². The molecule has 0 radical (unpaired) electrons. The average molecular weight is 448 g/mol. The lowest BCUT2D eigenvalue weighted by molar-refractivity contribution is 0.0941. The van der Waals surface area contributed by atoms with Crippen LogP contribution in [0.25, 0.3) is 16.9 Å². The molecule has 0 saturated heterocycles. The Kier molecular flexibility index (Phi) is 6.91. The van der Waals surface area contributed by atoms with Crippen molar-refractivity contribution in [2.75, 3.05) is 12.0 Å². The van der Waals surface area contributed by atoms with Crippen LogP contribution in [0.3, 0.4) is 0 Å². The fourth-order valence-corrected chi connectivity index (χ4v) is 3.81. The molecule has 30 heavy (non-hydrogen) atoms. The molecule has 0 saturated carbocycles. The van der Waals surface area contributed by atoms with Gasteiger partial charge < -0.3 is 9.87 Å². The van der Waals surface area contributed by atoms with Gasteiger partial charge in [0.25, 0.3) is 11.5 Å². The largest absolute Gasteiger partial charge is 0.616 e. The van der Waals surface area contributed by atoms with Gasteiger partial charge in [-0.15, -0.1) is 0 Å². The van der Waals surface area contributed by atoms with Crippen LogP contribution in [-0.2, 0) is 11.2 Å². The summed E-state index contributed by atoms with van der Waals surface area (Å²) in [6.07, 6.45) is 1.53. The number of carbonyl (C=O) groups excluding carboxylic acids is 1. The van der Waals surface area contributed by atoms with Gasteiger partial charge in [-0.1, -0.05) is 41.0 Å². The Morgan fingerprint density at radius 3 is 2.60 bits per heavy atom. The molecule has 0 spiro atoms. The molecule has 0 aliphatic carbocycles. The molecule has 6 nitrogen and oxygen atoms in total. The fourth-order valence-electron chi connectivity index (χ4n) is 2.90. The maximum Gasteiger partial charge on any atom is 0.284 e. The van der Waals surface area contributed by atoms with E-state index < -0.39 is 34.5 Å². The summed E-state index contributed by atoms with van der Waals surface area (Å²) >= 11 is 4.83. The van der Waals surface area contributed by atoms with E-state index in [4.69, 9.17) is 11.6 Å². The van der Waals surface area contributed by atoms with Crippen LogP contribution in [0.5, 0.6) is 0 Å². The molecular weight excluding hydrogens is 429 g/mol. The number of benzene rings is 2. The second-order valence-electron chi connectivity index (χ2n) is 6.76. The third-order valence-corrected chi connectivity index (χ3v) is 5.43. The average Bonchev–Trinajstić information content (AvgIpc) is 2.68. The lowest BCUT2D eigenvalue weighted by Gasteiger charge is -2.15. The van der Waals surface area contributed by atoms with E-state index in [1.807, 2.05) is 0 Å². The molecule has 0 aliphatic heterocycles. The number of nitrogens with zero attached hydrogens (tertiary/aromatic N) is 2. The van der Waals surface area contributed by atoms with Crippen molar-refractivity contribution in [3.8, 4) is 16.9 Å². The second-order valence-corrected chi connectivity index (χ2v) is 8.68. The van der Waals surface area contributed by atoms with E-state index in [0.717, 1.165) is 10.7 Å². The Bertz CT molecular complexity index is 1120. The van der Waals surface area contributed by atoms with Gasteiger partial charge in [-0.25, -0.2) is 4.39 Å². The molecule has 0 aliphatic rings. The smallest absolute Gasteiger partial charge is 0.284 e. The molecule has 0 fully saturated rings. The van der Waals surface area contributed by atoms with Crippen LogP contribution in [0.4, 0.5) is 4.39 Å². The van der Waals surface area contributed by atoms with Crippen LogP contribution in [0.15, 0.2) is 59.4 Å². The molecule has 2 atom stereocenters. The van der Waals surface area contributed by atoms with E-state index in [2.05, 4.69) is 10.4 Å². The van der Waals surface area contributed by atoms with Crippen molar-refractivity contribution in [2.24, 2.45) is 0 Å². The molecule has 2 unspecified atom stereocenters. The minimum Gasteiger partial charge on any atom is -0.616 e. The van der Waals surface area contributed by atoms with Gasteiger partial charge >= 0.3 is 0 Å². The molecule has 1 N–H and O–H groups in total. The first-order valence-electron chi connectivity index (χ1n) is 9.01. The minimum atomic E-state index is -1.11. The molecule has 156 valence electrons. The monoisotopic (exact) mass is 447 g/mol. The zero-order chi connectivity index (χ0) is 21.8. The molecule has 0 bridgehead atoms. The van der Waals surface area contributed by atoms with Crippen molar-refractivity contribution in [1.82, 2.24) is 15.1 Å². The van der Waals surface area contributed by atoms with Crippen LogP contribution in [0.2, 0.25) is 5.02 Å². The first-order chi connectivity index (χ1) is 14.2. The third kappa shape index (κ3) is 5.27. The lowest BCUT2D eigenvalue weighted by atomic mass is 10.1. The van der Waals surface area contributed by atoms with Gasteiger partial charge in [0.2, 0.25) is 0 Å². The summed E-state index contributed by atoms with van der Waals surface area (Å²) in [4.78, 5) is 25.8. The van der Waals surface area contributed by atoms with Gasteiger partial charge in [-0.3, -0.25) is 9.59 Å². The Morgan fingerprint density at radius 2 is 1.97 bits per heavy atom.